The molecule has 6 nitrogen and oxygen atoms in total. The molecule has 0 saturated heterocycles. The predicted molar refractivity (Wildman–Crippen MR) is 112 cm³/mol. The maximum Gasteiger partial charge on any atom is 0.343 e. The van der Waals surface area contributed by atoms with Gasteiger partial charge in [-0.1, -0.05) is 47.5 Å². The summed E-state index contributed by atoms with van der Waals surface area (Å²) in [5.74, 6) is -0.139. The number of aryl methyl sites for hydroxylation is 2. The van der Waals surface area contributed by atoms with Gasteiger partial charge in [-0.15, -0.1) is 0 Å². The Hall–Kier alpha value is -3.45. The van der Waals surface area contributed by atoms with Crippen molar-refractivity contribution in [2.75, 3.05) is 0 Å². The van der Waals surface area contributed by atoms with E-state index >= 15 is 0 Å². The minimum absolute atomic E-state index is 0.126. The Bertz CT molecular complexity index is 1140. The van der Waals surface area contributed by atoms with E-state index in [1.54, 1.807) is 48.5 Å². The van der Waals surface area contributed by atoms with Gasteiger partial charge in [0, 0.05) is 0 Å². The lowest BCUT2D eigenvalue weighted by Crippen LogP contribution is -2.18. The number of hydrogen-bond donors (Lipinski definition) is 1. The summed E-state index contributed by atoms with van der Waals surface area (Å²) in [6.07, 6.45) is 1.34. The molecular formula is C22H20N2O4S. The third kappa shape index (κ3) is 5.52. The van der Waals surface area contributed by atoms with Crippen molar-refractivity contribution in [3.63, 3.8) is 0 Å². The third-order valence-electron chi connectivity index (χ3n) is 4.07. The van der Waals surface area contributed by atoms with Crippen LogP contribution < -0.4 is 9.57 Å². The summed E-state index contributed by atoms with van der Waals surface area (Å²) in [4.78, 5) is 14.5. The van der Waals surface area contributed by atoms with Crippen molar-refractivity contribution >= 4 is 22.2 Å². The van der Waals surface area contributed by atoms with E-state index in [0.29, 0.717) is 16.9 Å². The van der Waals surface area contributed by atoms with Crippen LogP contribution in [0, 0.1) is 13.8 Å². The predicted octanol–water partition coefficient (Wildman–Crippen LogP) is 3.84. The molecule has 0 fully saturated rings. The number of carbonyl (C=O) groups is 1. The zero-order valence-corrected chi connectivity index (χ0v) is 16.8. The lowest BCUT2D eigenvalue weighted by Gasteiger charge is -2.06. The molecule has 0 bridgehead atoms. The van der Waals surface area contributed by atoms with E-state index in [-0.39, 0.29) is 4.90 Å². The molecule has 0 aromatic heterocycles. The molecule has 0 spiro atoms. The average Bonchev–Trinajstić information content (AvgIpc) is 2.69. The van der Waals surface area contributed by atoms with Gasteiger partial charge in [0.2, 0.25) is 0 Å². The van der Waals surface area contributed by atoms with Crippen LogP contribution in [0.4, 0.5) is 0 Å². The van der Waals surface area contributed by atoms with Crippen LogP contribution in [-0.2, 0) is 10.0 Å². The van der Waals surface area contributed by atoms with Gasteiger partial charge < -0.3 is 4.74 Å². The van der Waals surface area contributed by atoms with Crippen molar-refractivity contribution in [2.24, 2.45) is 5.10 Å². The number of hydrogen-bond acceptors (Lipinski definition) is 5. The minimum Gasteiger partial charge on any atom is -0.423 e. The number of ether oxygens (including phenoxy) is 1. The Morgan fingerprint density at radius 2 is 1.55 bits per heavy atom. The largest absolute Gasteiger partial charge is 0.423 e. The smallest absolute Gasteiger partial charge is 0.343 e. The lowest BCUT2D eigenvalue weighted by molar-refractivity contribution is 0.0734. The molecule has 7 heteroatoms. The first-order chi connectivity index (χ1) is 13.8. The second-order valence-electron chi connectivity index (χ2n) is 6.49. The van der Waals surface area contributed by atoms with E-state index < -0.39 is 16.0 Å². The van der Waals surface area contributed by atoms with Crippen LogP contribution in [0.5, 0.6) is 5.75 Å². The monoisotopic (exact) mass is 408 g/mol. The van der Waals surface area contributed by atoms with Gasteiger partial charge in [0.1, 0.15) is 5.75 Å². The summed E-state index contributed by atoms with van der Waals surface area (Å²) in [7, 11) is -3.75. The van der Waals surface area contributed by atoms with Crippen LogP contribution in [-0.4, -0.2) is 20.6 Å². The van der Waals surface area contributed by atoms with E-state index in [2.05, 4.69) is 9.93 Å². The van der Waals surface area contributed by atoms with Crippen LogP contribution in [0.15, 0.2) is 82.8 Å². The molecule has 148 valence electrons. The fourth-order valence-corrected chi connectivity index (χ4v) is 3.25. The summed E-state index contributed by atoms with van der Waals surface area (Å²) in [5.41, 5.74) is 3.03. The van der Waals surface area contributed by atoms with Gasteiger partial charge in [-0.3, -0.25) is 0 Å². The van der Waals surface area contributed by atoms with Gasteiger partial charge in [-0.25, -0.2) is 9.63 Å². The molecule has 29 heavy (non-hydrogen) atoms. The van der Waals surface area contributed by atoms with Crippen LogP contribution >= 0.6 is 0 Å². The van der Waals surface area contributed by atoms with Crippen molar-refractivity contribution in [1.29, 1.82) is 0 Å². The van der Waals surface area contributed by atoms with Crippen LogP contribution in [0.25, 0.3) is 0 Å². The van der Waals surface area contributed by atoms with Crippen molar-refractivity contribution in [3.8, 4) is 5.75 Å². The fraction of sp³-hybridized carbons (Fsp3) is 0.0909. The highest BCUT2D eigenvalue weighted by Gasteiger charge is 2.12. The first-order valence-electron chi connectivity index (χ1n) is 8.84. The molecule has 0 aliphatic rings. The summed E-state index contributed by atoms with van der Waals surface area (Å²) >= 11 is 0. The second-order valence-corrected chi connectivity index (χ2v) is 8.15. The van der Waals surface area contributed by atoms with Gasteiger partial charge in [0.25, 0.3) is 10.0 Å². The van der Waals surface area contributed by atoms with E-state index in [4.69, 9.17) is 4.74 Å². The zero-order valence-electron chi connectivity index (χ0n) is 16.0. The van der Waals surface area contributed by atoms with Gasteiger partial charge in [-0.05, 0) is 55.8 Å². The molecule has 1 N–H and O–H groups in total. The molecule has 0 radical (unpaired) electrons. The molecule has 0 amide bonds. The summed E-state index contributed by atoms with van der Waals surface area (Å²) in [6.45, 7) is 3.81. The summed E-state index contributed by atoms with van der Waals surface area (Å²) in [5, 5.41) is 3.80. The maximum absolute atomic E-state index is 12.2. The average molecular weight is 408 g/mol. The number of nitrogens with zero attached hydrogens (tertiary/aromatic N) is 1. The number of carbonyl (C=O) groups excluding carboxylic acids is 1. The SMILES string of the molecule is Cc1ccc(C(=O)Oc2cccc(C=NNS(=O)(=O)c3ccc(C)cc3)c2)cc1. The molecule has 0 heterocycles. The van der Waals surface area contributed by atoms with Crippen LogP contribution in [0.3, 0.4) is 0 Å². The van der Waals surface area contributed by atoms with E-state index in [1.165, 1.54) is 18.3 Å². The molecule has 3 rings (SSSR count). The van der Waals surface area contributed by atoms with Gasteiger partial charge in [0.15, 0.2) is 0 Å². The summed E-state index contributed by atoms with van der Waals surface area (Å²) in [6, 6.07) is 20.1. The van der Waals surface area contributed by atoms with Crippen molar-refractivity contribution in [1.82, 2.24) is 4.83 Å². The van der Waals surface area contributed by atoms with Gasteiger partial charge in [0.05, 0.1) is 16.7 Å². The molecule has 0 saturated carbocycles. The Balaban J connectivity index is 1.67. The lowest BCUT2D eigenvalue weighted by atomic mass is 10.1. The maximum atomic E-state index is 12.2. The van der Waals surface area contributed by atoms with E-state index in [1.807, 2.05) is 26.0 Å². The molecular weight excluding hydrogens is 388 g/mol. The Morgan fingerprint density at radius 3 is 2.21 bits per heavy atom. The first-order valence-corrected chi connectivity index (χ1v) is 10.3. The number of nitrogens with one attached hydrogen (secondary N) is 1. The minimum atomic E-state index is -3.75. The zero-order chi connectivity index (χ0) is 20.9. The third-order valence-corrected chi connectivity index (χ3v) is 5.31. The van der Waals surface area contributed by atoms with Crippen molar-refractivity contribution in [2.45, 2.75) is 18.7 Å². The highest BCUT2D eigenvalue weighted by atomic mass is 32.2. The number of hydrazone groups is 1. The number of rotatable bonds is 6. The van der Waals surface area contributed by atoms with Crippen LogP contribution in [0.2, 0.25) is 0 Å². The number of esters is 1. The Kier molecular flexibility index (Phi) is 6.09. The topological polar surface area (TPSA) is 84.8 Å². The molecule has 0 aliphatic heterocycles. The normalized spacial score (nSPS) is 11.4. The second kappa shape index (κ2) is 8.70. The number of benzene rings is 3. The molecule has 0 aliphatic carbocycles. The molecule has 0 atom stereocenters. The summed E-state index contributed by atoms with van der Waals surface area (Å²) < 4.78 is 29.8. The first kappa shape index (κ1) is 20.3. The number of sulfonamides is 1. The van der Waals surface area contributed by atoms with Crippen LogP contribution in [0.1, 0.15) is 27.0 Å². The highest BCUT2D eigenvalue weighted by Crippen LogP contribution is 2.15. The molecule has 3 aromatic carbocycles. The highest BCUT2D eigenvalue weighted by molar-refractivity contribution is 7.89. The van der Waals surface area contributed by atoms with E-state index in [0.717, 1.165) is 11.1 Å². The van der Waals surface area contributed by atoms with Gasteiger partial charge >= 0.3 is 5.97 Å². The van der Waals surface area contributed by atoms with Crippen molar-refractivity contribution in [3.05, 3.63) is 95.1 Å². The molecule has 3 aromatic rings. The van der Waals surface area contributed by atoms with E-state index in [9.17, 15) is 13.2 Å². The van der Waals surface area contributed by atoms with Crippen molar-refractivity contribution < 1.29 is 17.9 Å². The quantitative estimate of drug-likeness (QED) is 0.291. The fourth-order valence-electron chi connectivity index (χ4n) is 2.45. The molecule has 0 unspecified atom stereocenters. The Morgan fingerprint density at radius 1 is 0.931 bits per heavy atom. The standard InChI is InChI=1S/C22H20N2O4S/c1-16-6-10-19(11-7-16)22(25)28-20-5-3-4-18(14-20)15-23-24-29(26,27)21-12-8-17(2)9-13-21/h3-15,24H,1-2H3. The Labute approximate surface area is 169 Å². The van der Waals surface area contributed by atoms with Gasteiger partial charge in [-0.2, -0.15) is 13.5 Å².